The third kappa shape index (κ3) is 2.37. The van der Waals surface area contributed by atoms with Crippen LogP contribution in [0.4, 0.5) is 5.69 Å². The molecule has 0 heterocycles. The summed E-state index contributed by atoms with van der Waals surface area (Å²) in [5.41, 5.74) is 6.10. The Morgan fingerprint density at radius 1 is 1.22 bits per heavy atom. The van der Waals surface area contributed by atoms with Gasteiger partial charge in [0.05, 0.1) is 0 Å². The largest absolute Gasteiger partial charge is 1.00 e. The molecule has 0 aromatic heterocycles. The van der Waals surface area contributed by atoms with Crippen molar-refractivity contribution in [3.05, 3.63) is 24.3 Å². The maximum atomic E-state index is 5.42. The normalized spacial score (nSPS) is 8.00. The summed E-state index contributed by atoms with van der Waals surface area (Å²) >= 11 is 4.83. The number of para-hydroxylation sites is 1. The maximum Gasteiger partial charge on any atom is 1.00 e. The van der Waals surface area contributed by atoms with Gasteiger partial charge in [-0.1, -0.05) is 18.2 Å². The zero-order valence-corrected chi connectivity index (χ0v) is 7.58. The van der Waals surface area contributed by atoms with Gasteiger partial charge in [-0.3, -0.25) is 0 Å². The average molecular weight is 321 g/mol. The molecule has 0 unspecified atom stereocenters. The summed E-state index contributed by atoms with van der Waals surface area (Å²) in [6, 6.07) is 7.34. The van der Waals surface area contributed by atoms with Crippen LogP contribution in [-0.2, 0) is 35.0 Å². The monoisotopic (exact) mass is 321 g/mol. The predicted octanol–water partition coefficient (Wildman–Crippen LogP) is 1.17. The van der Waals surface area contributed by atoms with Gasteiger partial charge in [0.15, 0.2) is 0 Å². The average Bonchev–Trinajstić information content (AvgIpc) is 1.77. The number of rotatable bonds is 0. The van der Waals surface area contributed by atoms with Crippen LogP contribution in [0.1, 0.15) is 0 Å². The fourth-order valence-electron chi connectivity index (χ4n) is 0.481. The first kappa shape index (κ1) is 8.98. The van der Waals surface area contributed by atoms with Crippen molar-refractivity contribution in [1.82, 2.24) is 0 Å². The second-order valence-electron chi connectivity index (χ2n) is 1.54. The molecule has 1 aromatic rings. The summed E-state index contributed by atoms with van der Waals surface area (Å²) in [6.07, 6.45) is 0. The van der Waals surface area contributed by atoms with Crippen molar-refractivity contribution in [3.8, 4) is 0 Å². The van der Waals surface area contributed by atoms with E-state index < -0.39 is 0 Å². The fraction of sp³-hybridized carbons (Fsp3) is 0. The van der Waals surface area contributed by atoms with E-state index in [1.54, 1.807) is 6.07 Å². The third-order valence-electron chi connectivity index (χ3n) is 0.919. The van der Waals surface area contributed by atoms with Crippen LogP contribution in [0.25, 0.3) is 0 Å². The van der Waals surface area contributed by atoms with Crippen LogP contribution in [0.2, 0.25) is 0 Å². The number of anilines is 1. The van der Waals surface area contributed by atoms with Crippen LogP contribution < -0.4 is 5.73 Å². The van der Waals surface area contributed by atoms with Gasteiger partial charge in [-0.15, -0.1) is 0 Å². The molecule has 1 rings (SSSR count). The van der Waals surface area contributed by atoms with Gasteiger partial charge in [-0.25, -0.2) is 0 Å². The molecule has 0 bridgehead atoms. The maximum absolute atomic E-state index is 5.42. The van der Waals surface area contributed by atoms with E-state index in [0.29, 0.717) is 5.69 Å². The van der Waals surface area contributed by atoms with Crippen molar-refractivity contribution >= 4 is 18.3 Å². The van der Waals surface area contributed by atoms with Crippen molar-refractivity contribution < 1.29 is 22.4 Å². The zero-order chi connectivity index (χ0) is 5.98. The molecule has 0 aliphatic carbocycles. The molecule has 0 aliphatic heterocycles. The Balaban J connectivity index is 0.000000640. The molecular formula is C6H6AuNS. The molecule has 52 valence electrons. The first-order valence-electron chi connectivity index (χ1n) is 2.32. The molecule has 0 spiro atoms. The Morgan fingerprint density at radius 2 is 1.78 bits per heavy atom. The van der Waals surface area contributed by atoms with Gasteiger partial charge in [0, 0.05) is 5.69 Å². The molecule has 9 heavy (non-hydrogen) atoms. The van der Waals surface area contributed by atoms with Gasteiger partial charge in [0.2, 0.25) is 0 Å². The third-order valence-corrected chi connectivity index (χ3v) is 1.29. The van der Waals surface area contributed by atoms with Crippen molar-refractivity contribution in [3.63, 3.8) is 0 Å². The van der Waals surface area contributed by atoms with Gasteiger partial charge in [-0.2, -0.15) is 4.90 Å². The van der Waals surface area contributed by atoms with E-state index in [0.717, 1.165) is 4.90 Å². The Morgan fingerprint density at radius 3 is 2.11 bits per heavy atom. The molecular weight excluding hydrogens is 315 g/mol. The van der Waals surface area contributed by atoms with Gasteiger partial charge in [0.1, 0.15) is 0 Å². The summed E-state index contributed by atoms with van der Waals surface area (Å²) in [7, 11) is 0. The van der Waals surface area contributed by atoms with Crippen LogP contribution in [-0.4, -0.2) is 0 Å². The number of hydrogen-bond acceptors (Lipinski definition) is 2. The Labute approximate surface area is 75.6 Å². The van der Waals surface area contributed by atoms with Crippen LogP contribution in [0, 0.1) is 0 Å². The van der Waals surface area contributed by atoms with Crippen LogP contribution in [0.3, 0.4) is 0 Å². The Kier molecular flexibility index (Phi) is 3.90. The molecule has 0 saturated carbocycles. The number of nitrogen functional groups attached to an aromatic ring is 1. The molecule has 3 heteroatoms. The predicted molar refractivity (Wildman–Crippen MR) is 36.5 cm³/mol. The molecule has 0 saturated heterocycles. The van der Waals surface area contributed by atoms with E-state index in [4.69, 9.17) is 18.4 Å². The Hall–Kier alpha value is -0.0197. The standard InChI is InChI=1S/C6H7NS.Au/c7-5-3-1-2-4-6(5)8;/h1-4,8H,7H2;/q;+1/p-1. The number of hydrogen-bond donors (Lipinski definition) is 1. The molecule has 1 nitrogen and oxygen atoms in total. The Bertz CT molecular complexity index is 169. The van der Waals surface area contributed by atoms with Gasteiger partial charge in [0.25, 0.3) is 0 Å². The van der Waals surface area contributed by atoms with Gasteiger partial charge in [-0.05, 0) is 6.07 Å². The van der Waals surface area contributed by atoms with E-state index >= 15 is 0 Å². The quantitative estimate of drug-likeness (QED) is 0.441. The summed E-state index contributed by atoms with van der Waals surface area (Å²) in [6.45, 7) is 0. The van der Waals surface area contributed by atoms with Gasteiger partial charge < -0.3 is 18.4 Å². The molecule has 0 atom stereocenters. The SMILES string of the molecule is Nc1ccccc1[S-].[Au+]. The molecule has 2 N–H and O–H groups in total. The van der Waals surface area contributed by atoms with E-state index in [1.165, 1.54) is 0 Å². The summed E-state index contributed by atoms with van der Waals surface area (Å²) in [5.74, 6) is 0. The van der Waals surface area contributed by atoms with E-state index in [1.807, 2.05) is 18.2 Å². The summed E-state index contributed by atoms with van der Waals surface area (Å²) < 4.78 is 0. The molecule has 0 radical (unpaired) electrons. The van der Waals surface area contributed by atoms with Crippen LogP contribution >= 0.6 is 0 Å². The van der Waals surface area contributed by atoms with Crippen molar-refractivity contribution in [2.45, 2.75) is 4.90 Å². The van der Waals surface area contributed by atoms with Crippen LogP contribution in [0.5, 0.6) is 0 Å². The summed E-state index contributed by atoms with van der Waals surface area (Å²) in [4.78, 5) is 0.729. The minimum atomic E-state index is 0. The molecule has 0 amide bonds. The zero-order valence-electron chi connectivity index (χ0n) is 4.60. The molecule has 1 aromatic carbocycles. The topological polar surface area (TPSA) is 26.0 Å². The molecule has 0 aliphatic rings. The fourth-order valence-corrected chi connectivity index (χ4v) is 0.627. The molecule has 0 fully saturated rings. The van der Waals surface area contributed by atoms with E-state index in [2.05, 4.69) is 0 Å². The van der Waals surface area contributed by atoms with Crippen molar-refractivity contribution in [2.75, 3.05) is 5.73 Å². The van der Waals surface area contributed by atoms with Crippen molar-refractivity contribution in [1.29, 1.82) is 0 Å². The minimum absolute atomic E-state index is 0. The first-order chi connectivity index (χ1) is 3.80. The number of nitrogens with two attached hydrogens (primary N) is 1. The second kappa shape index (κ2) is 3.90. The second-order valence-corrected chi connectivity index (χ2v) is 1.98. The van der Waals surface area contributed by atoms with E-state index in [9.17, 15) is 0 Å². The van der Waals surface area contributed by atoms with E-state index in [-0.39, 0.29) is 22.4 Å². The number of benzene rings is 1. The summed E-state index contributed by atoms with van der Waals surface area (Å²) in [5, 5.41) is 0. The van der Waals surface area contributed by atoms with Crippen molar-refractivity contribution in [2.24, 2.45) is 0 Å². The minimum Gasteiger partial charge on any atom is -0.778 e. The smallest absolute Gasteiger partial charge is 0.778 e. The van der Waals surface area contributed by atoms with Crippen LogP contribution in [0.15, 0.2) is 29.2 Å². The van der Waals surface area contributed by atoms with Gasteiger partial charge >= 0.3 is 22.4 Å². The first-order valence-corrected chi connectivity index (χ1v) is 2.73.